The van der Waals surface area contributed by atoms with Crippen molar-refractivity contribution in [2.24, 2.45) is 0 Å². The van der Waals surface area contributed by atoms with Crippen LogP contribution in [0.3, 0.4) is 0 Å². The Morgan fingerprint density at radius 2 is 2.17 bits per heavy atom. The SMILES string of the molecule is C=C/C=c1/cc(C(=O)OCC)cn/c1=C/C.CC. The van der Waals surface area contributed by atoms with E-state index in [1.807, 2.05) is 32.9 Å². The van der Waals surface area contributed by atoms with Gasteiger partial charge in [0.1, 0.15) is 0 Å². The predicted molar refractivity (Wildman–Crippen MR) is 75.6 cm³/mol. The van der Waals surface area contributed by atoms with Crippen molar-refractivity contribution in [1.82, 2.24) is 4.98 Å². The van der Waals surface area contributed by atoms with Crippen molar-refractivity contribution in [1.29, 1.82) is 0 Å². The summed E-state index contributed by atoms with van der Waals surface area (Å²) in [7, 11) is 0. The zero-order chi connectivity index (χ0) is 14.0. The minimum absolute atomic E-state index is 0.351. The maximum Gasteiger partial charge on any atom is 0.339 e. The van der Waals surface area contributed by atoms with Crippen LogP contribution in [0.5, 0.6) is 0 Å². The lowest BCUT2D eigenvalue weighted by Crippen LogP contribution is -2.29. The normalized spacial score (nSPS) is 11.6. The van der Waals surface area contributed by atoms with E-state index in [0.717, 1.165) is 10.6 Å². The third-order valence-corrected chi connectivity index (χ3v) is 2.03. The van der Waals surface area contributed by atoms with Gasteiger partial charge in [-0.3, -0.25) is 4.98 Å². The second kappa shape index (κ2) is 9.16. The van der Waals surface area contributed by atoms with E-state index in [4.69, 9.17) is 4.74 Å². The minimum Gasteiger partial charge on any atom is -0.462 e. The predicted octanol–water partition coefficient (Wildman–Crippen LogP) is 2.05. The molecule has 0 atom stereocenters. The van der Waals surface area contributed by atoms with Gasteiger partial charge < -0.3 is 4.74 Å². The van der Waals surface area contributed by atoms with Gasteiger partial charge >= 0.3 is 5.97 Å². The van der Waals surface area contributed by atoms with Crippen LogP contribution in [0.25, 0.3) is 12.2 Å². The molecule has 0 spiro atoms. The lowest BCUT2D eigenvalue weighted by molar-refractivity contribution is 0.0525. The summed E-state index contributed by atoms with van der Waals surface area (Å²) in [6.07, 6.45) is 6.88. The first-order valence-electron chi connectivity index (χ1n) is 6.15. The molecule has 1 aromatic rings. The van der Waals surface area contributed by atoms with Crippen LogP contribution in [-0.2, 0) is 4.74 Å². The van der Waals surface area contributed by atoms with Crippen molar-refractivity contribution in [3.8, 4) is 0 Å². The zero-order valence-electron chi connectivity index (χ0n) is 11.6. The van der Waals surface area contributed by atoms with E-state index >= 15 is 0 Å². The molecule has 1 rings (SSSR count). The van der Waals surface area contributed by atoms with E-state index in [1.165, 1.54) is 6.20 Å². The molecule has 0 saturated carbocycles. The quantitative estimate of drug-likeness (QED) is 0.767. The molecule has 18 heavy (non-hydrogen) atoms. The van der Waals surface area contributed by atoms with Crippen LogP contribution in [-0.4, -0.2) is 17.6 Å². The second-order valence-corrected chi connectivity index (χ2v) is 3.11. The van der Waals surface area contributed by atoms with E-state index in [1.54, 1.807) is 19.1 Å². The Hall–Kier alpha value is -1.90. The zero-order valence-corrected chi connectivity index (χ0v) is 11.6. The van der Waals surface area contributed by atoms with Gasteiger partial charge in [0.2, 0.25) is 0 Å². The van der Waals surface area contributed by atoms with Crippen molar-refractivity contribution in [3.63, 3.8) is 0 Å². The average molecular weight is 247 g/mol. The lowest BCUT2D eigenvalue weighted by atomic mass is 10.2. The van der Waals surface area contributed by atoms with E-state index in [2.05, 4.69) is 11.6 Å². The molecule has 3 nitrogen and oxygen atoms in total. The number of rotatable bonds is 3. The third kappa shape index (κ3) is 4.53. The Morgan fingerprint density at radius 3 is 2.67 bits per heavy atom. The molecule has 0 amide bonds. The Labute approximate surface area is 109 Å². The number of hydrogen-bond acceptors (Lipinski definition) is 3. The summed E-state index contributed by atoms with van der Waals surface area (Å²) in [5, 5.41) is 1.69. The largest absolute Gasteiger partial charge is 0.462 e. The number of aromatic nitrogens is 1. The van der Waals surface area contributed by atoms with Gasteiger partial charge in [0.25, 0.3) is 0 Å². The fraction of sp³-hybridized carbons (Fsp3) is 0.333. The molecule has 0 aliphatic carbocycles. The first kappa shape index (κ1) is 16.1. The summed E-state index contributed by atoms with van der Waals surface area (Å²) in [4.78, 5) is 15.7. The standard InChI is InChI=1S/C13H15NO2.C2H6/c1-4-7-10-8-11(13(15)16-6-3)9-14-12(10)5-2;1-2/h4-5,7-9H,1,6H2,2-3H3;1-2H3/b10-7-,12-5+;. The molecule has 0 saturated heterocycles. The molecular weight excluding hydrogens is 226 g/mol. The molecule has 0 unspecified atom stereocenters. The summed E-state index contributed by atoms with van der Waals surface area (Å²) in [6.45, 7) is 11.7. The third-order valence-electron chi connectivity index (χ3n) is 2.03. The molecule has 0 aliphatic rings. The number of pyridine rings is 1. The summed E-state index contributed by atoms with van der Waals surface area (Å²) in [5.41, 5.74) is 0.459. The molecular formula is C15H21NO2. The van der Waals surface area contributed by atoms with Crippen LogP contribution in [0.2, 0.25) is 0 Å². The van der Waals surface area contributed by atoms with Gasteiger partial charge in [-0.1, -0.05) is 38.7 Å². The number of allylic oxidation sites excluding steroid dienone is 1. The van der Waals surface area contributed by atoms with E-state index < -0.39 is 0 Å². The number of esters is 1. The maximum atomic E-state index is 11.5. The number of carbonyl (C=O) groups is 1. The molecule has 0 N–H and O–H groups in total. The van der Waals surface area contributed by atoms with Crippen molar-refractivity contribution in [2.75, 3.05) is 6.61 Å². The highest BCUT2D eigenvalue weighted by atomic mass is 16.5. The molecule has 1 heterocycles. The Bertz CT molecular complexity index is 504. The van der Waals surface area contributed by atoms with Crippen LogP contribution >= 0.6 is 0 Å². The highest BCUT2D eigenvalue weighted by Gasteiger charge is 2.05. The number of nitrogens with zero attached hydrogens (tertiary/aromatic N) is 1. The highest BCUT2D eigenvalue weighted by molar-refractivity contribution is 5.89. The molecule has 0 aliphatic heterocycles. The van der Waals surface area contributed by atoms with Gasteiger partial charge in [0.05, 0.1) is 17.5 Å². The smallest absolute Gasteiger partial charge is 0.339 e. The second-order valence-electron chi connectivity index (χ2n) is 3.11. The van der Waals surface area contributed by atoms with Gasteiger partial charge in [-0.25, -0.2) is 4.79 Å². The molecule has 1 aromatic heterocycles. The van der Waals surface area contributed by atoms with Gasteiger partial charge in [0.15, 0.2) is 0 Å². The molecule has 0 bridgehead atoms. The van der Waals surface area contributed by atoms with Crippen LogP contribution in [0.1, 0.15) is 38.1 Å². The molecule has 98 valence electrons. The summed E-state index contributed by atoms with van der Waals surface area (Å²) in [6, 6.07) is 1.75. The topological polar surface area (TPSA) is 39.2 Å². The lowest BCUT2D eigenvalue weighted by Gasteiger charge is -2.00. The van der Waals surface area contributed by atoms with Crippen molar-refractivity contribution < 1.29 is 9.53 Å². The fourth-order valence-electron chi connectivity index (χ4n) is 1.32. The minimum atomic E-state index is -0.351. The monoisotopic (exact) mass is 247 g/mol. The molecule has 0 radical (unpaired) electrons. The fourth-order valence-corrected chi connectivity index (χ4v) is 1.32. The van der Waals surface area contributed by atoms with Crippen molar-refractivity contribution in [2.45, 2.75) is 27.7 Å². The van der Waals surface area contributed by atoms with Crippen LogP contribution in [0.15, 0.2) is 24.9 Å². The number of ether oxygens (including phenoxy) is 1. The van der Waals surface area contributed by atoms with Crippen LogP contribution in [0.4, 0.5) is 0 Å². The number of carbonyl (C=O) groups excluding carboxylic acids is 1. The van der Waals surface area contributed by atoms with Crippen LogP contribution < -0.4 is 10.6 Å². The Kier molecular flexibility index (Phi) is 8.20. The van der Waals surface area contributed by atoms with Crippen LogP contribution in [0, 0.1) is 0 Å². The molecule has 0 fully saturated rings. The summed E-state index contributed by atoms with van der Waals surface area (Å²) >= 11 is 0. The first-order valence-corrected chi connectivity index (χ1v) is 6.15. The van der Waals surface area contributed by atoms with E-state index in [0.29, 0.717) is 12.2 Å². The van der Waals surface area contributed by atoms with E-state index in [-0.39, 0.29) is 5.97 Å². The summed E-state index contributed by atoms with van der Waals surface area (Å²) < 4.78 is 4.91. The van der Waals surface area contributed by atoms with Crippen molar-refractivity contribution >= 4 is 18.1 Å². The Morgan fingerprint density at radius 1 is 1.50 bits per heavy atom. The first-order chi connectivity index (χ1) is 8.72. The highest BCUT2D eigenvalue weighted by Crippen LogP contribution is 1.94. The maximum absolute atomic E-state index is 11.5. The summed E-state index contributed by atoms with van der Waals surface area (Å²) in [5.74, 6) is -0.351. The molecule has 3 heteroatoms. The van der Waals surface area contributed by atoms with Gasteiger partial charge in [-0.2, -0.15) is 0 Å². The van der Waals surface area contributed by atoms with Gasteiger partial charge in [0, 0.05) is 11.4 Å². The van der Waals surface area contributed by atoms with Crippen molar-refractivity contribution in [3.05, 3.63) is 41.0 Å². The number of hydrogen-bond donors (Lipinski definition) is 0. The molecule has 0 aromatic carbocycles. The Balaban J connectivity index is 0.00000137. The van der Waals surface area contributed by atoms with Gasteiger partial charge in [-0.05, 0) is 19.9 Å². The van der Waals surface area contributed by atoms with E-state index in [9.17, 15) is 4.79 Å². The van der Waals surface area contributed by atoms with Gasteiger partial charge in [-0.15, -0.1) is 0 Å². The average Bonchev–Trinajstić information content (AvgIpc) is 2.41.